The van der Waals surface area contributed by atoms with Crippen LogP contribution in [0.2, 0.25) is 0 Å². The quantitative estimate of drug-likeness (QED) is 0.809. The van der Waals surface area contributed by atoms with Crippen LogP contribution in [-0.2, 0) is 0 Å². The summed E-state index contributed by atoms with van der Waals surface area (Å²) < 4.78 is 0. The van der Waals surface area contributed by atoms with Gasteiger partial charge in [0.2, 0.25) is 5.95 Å². The average molecular weight is 256 g/mol. The second-order valence-electron chi connectivity index (χ2n) is 6.13. The molecule has 1 aromatic heterocycles. The zero-order chi connectivity index (χ0) is 12.8. The van der Waals surface area contributed by atoms with Gasteiger partial charge in [0.15, 0.2) is 0 Å². The number of nitrogens with zero attached hydrogens (tertiary/aromatic N) is 2. The molecule has 0 saturated heterocycles. The number of hydrogen-bond acceptors (Lipinski definition) is 3. The SMILES string of the molecule is Nc1ccc2nc(N(CC3CC3)CC3CC3)[nH]c2c1. The summed E-state index contributed by atoms with van der Waals surface area (Å²) in [5, 5.41) is 0. The van der Waals surface area contributed by atoms with Crippen molar-refractivity contribution in [1.82, 2.24) is 9.97 Å². The van der Waals surface area contributed by atoms with Crippen molar-refractivity contribution in [3.63, 3.8) is 0 Å². The fourth-order valence-electron chi connectivity index (χ4n) is 2.64. The minimum absolute atomic E-state index is 0.790. The Kier molecular flexibility index (Phi) is 2.43. The molecule has 19 heavy (non-hydrogen) atoms. The van der Waals surface area contributed by atoms with E-state index in [1.807, 2.05) is 18.2 Å². The Bertz CT molecular complexity index is 581. The third kappa shape index (κ3) is 2.39. The van der Waals surface area contributed by atoms with Crippen molar-refractivity contribution in [2.24, 2.45) is 11.8 Å². The van der Waals surface area contributed by atoms with Gasteiger partial charge in [0, 0.05) is 18.8 Å². The number of aromatic nitrogens is 2. The van der Waals surface area contributed by atoms with E-state index in [0.29, 0.717) is 0 Å². The molecular formula is C15H20N4. The summed E-state index contributed by atoms with van der Waals surface area (Å²) in [4.78, 5) is 10.6. The lowest BCUT2D eigenvalue weighted by Gasteiger charge is -2.21. The maximum atomic E-state index is 5.83. The molecule has 1 heterocycles. The number of rotatable bonds is 5. The molecule has 0 atom stereocenters. The molecule has 2 aliphatic rings. The van der Waals surface area contributed by atoms with Crippen molar-refractivity contribution >= 4 is 22.7 Å². The van der Waals surface area contributed by atoms with Gasteiger partial charge in [-0.1, -0.05) is 0 Å². The molecule has 0 unspecified atom stereocenters. The summed E-state index contributed by atoms with van der Waals surface area (Å²) in [5.41, 5.74) is 8.68. The molecule has 0 spiro atoms. The van der Waals surface area contributed by atoms with E-state index in [0.717, 1.165) is 47.6 Å². The van der Waals surface area contributed by atoms with Gasteiger partial charge < -0.3 is 15.6 Å². The smallest absolute Gasteiger partial charge is 0.203 e. The number of H-pyrrole nitrogens is 1. The van der Waals surface area contributed by atoms with Crippen LogP contribution in [0.4, 0.5) is 11.6 Å². The summed E-state index contributed by atoms with van der Waals surface area (Å²) in [6.07, 6.45) is 5.53. The molecule has 4 rings (SSSR count). The van der Waals surface area contributed by atoms with Gasteiger partial charge in [-0.3, -0.25) is 0 Å². The fraction of sp³-hybridized carbons (Fsp3) is 0.533. The van der Waals surface area contributed by atoms with Crippen LogP contribution in [0.15, 0.2) is 18.2 Å². The summed E-state index contributed by atoms with van der Waals surface area (Å²) in [7, 11) is 0. The summed E-state index contributed by atoms with van der Waals surface area (Å²) in [5.74, 6) is 2.80. The highest BCUT2D eigenvalue weighted by Gasteiger charge is 2.30. The van der Waals surface area contributed by atoms with E-state index in [1.54, 1.807) is 0 Å². The van der Waals surface area contributed by atoms with E-state index in [4.69, 9.17) is 10.7 Å². The predicted molar refractivity (Wildman–Crippen MR) is 78.2 cm³/mol. The van der Waals surface area contributed by atoms with Crippen LogP contribution in [0.3, 0.4) is 0 Å². The Hall–Kier alpha value is -1.71. The molecule has 100 valence electrons. The number of aromatic amines is 1. The molecule has 2 saturated carbocycles. The van der Waals surface area contributed by atoms with Crippen molar-refractivity contribution in [2.75, 3.05) is 23.7 Å². The van der Waals surface area contributed by atoms with Crippen LogP contribution in [0.5, 0.6) is 0 Å². The summed E-state index contributed by atoms with van der Waals surface area (Å²) in [6.45, 7) is 2.32. The molecule has 3 N–H and O–H groups in total. The summed E-state index contributed by atoms with van der Waals surface area (Å²) >= 11 is 0. The first kappa shape index (κ1) is 11.1. The minimum atomic E-state index is 0.790. The van der Waals surface area contributed by atoms with Gasteiger partial charge in [0.1, 0.15) is 0 Å². The summed E-state index contributed by atoms with van der Waals surface area (Å²) in [6, 6.07) is 5.88. The Morgan fingerprint density at radius 1 is 1.16 bits per heavy atom. The largest absolute Gasteiger partial charge is 0.399 e. The molecule has 2 aliphatic carbocycles. The van der Waals surface area contributed by atoms with Crippen LogP contribution in [-0.4, -0.2) is 23.1 Å². The van der Waals surface area contributed by atoms with Crippen LogP contribution < -0.4 is 10.6 Å². The van der Waals surface area contributed by atoms with Gasteiger partial charge in [-0.15, -0.1) is 0 Å². The van der Waals surface area contributed by atoms with Crippen molar-refractivity contribution in [1.29, 1.82) is 0 Å². The molecule has 2 aromatic rings. The Labute approximate surface area is 113 Å². The second kappa shape index (κ2) is 4.15. The Morgan fingerprint density at radius 2 is 1.84 bits per heavy atom. The van der Waals surface area contributed by atoms with E-state index < -0.39 is 0 Å². The first-order chi connectivity index (χ1) is 9.28. The number of hydrogen-bond donors (Lipinski definition) is 2. The highest BCUT2D eigenvalue weighted by molar-refractivity contribution is 5.80. The van der Waals surface area contributed by atoms with Crippen molar-refractivity contribution < 1.29 is 0 Å². The lowest BCUT2D eigenvalue weighted by atomic mass is 10.3. The third-order valence-electron chi connectivity index (χ3n) is 4.14. The number of imidazole rings is 1. The normalized spacial score (nSPS) is 18.9. The molecule has 2 fully saturated rings. The Balaban J connectivity index is 1.63. The number of anilines is 2. The van der Waals surface area contributed by atoms with Crippen LogP contribution in [0.1, 0.15) is 25.7 Å². The standard InChI is InChI=1S/C15H20N4/c16-12-5-6-13-14(7-12)18-15(17-13)19(8-10-1-2-10)9-11-3-4-11/h5-7,10-11H,1-4,8-9,16H2,(H,17,18). The highest BCUT2D eigenvalue weighted by Crippen LogP contribution is 2.35. The van der Waals surface area contributed by atoms with Gasteiger partial charge in [-0.25, -0.2) is 4.98 Å². The minimum Gasteiger partial charge on any atom is -0.399 e. The van der Waals surface area contributed by atoms with Crippen molar-refractivity contribution in [3.05, 3.63) is 18.2 Å². The lowest BCUT2D eigenvalue weighted by molar-refractivity contribution is 0.666. The van der Waals surface area contributed by atoms with Crippen molar-refractivity contribution in [3.8, 4) is 0 Å². The topological polar surface area (TPSA) is 57.9 Å². The maximum absolute atomic E-state index is 5.83. The molecule has 4 nitrogen and oxygen atoms in total. The molecule has 0 radical (unpaired) electrons. The Morgan fingerprint density at radius 3 is 2.47 bits per heavy atom. The van der Waals surface area contributed by atoms with E-state index in [-0.39, 0.29) is 0 Å². The predicted octanol–water partition coefficient (Wildman–Crippen LogP) is 2.77. The van der Waals surface area contributed by atoms with Crippen LogP contribution in [0, 0.1) is 11.8 Å². The van der Waals surface area contributed by atoms with Gasteiger partial charge in [-0.05, 0) is 55.7 Å². The number of nitrogen functional groups attached to an aromatic ring is 1. The number of fused-ring (bicyclic) bond motifs is 1. The van der Waals surface area contributed by atoms with E-state index in [2.05, 4.69) is 9.88 Å². The molecule has 4 heteroatoms. The lowest BCUT2D eigenvalue weighted by Crippen LogP contribution is -2.29. The maximum Gasteiger partial charge on any atom is 0.203 e. The van der Waals surface area contributed by atoms with Gasteiger partial charge in [0.05, 0.1) is 11.0 Å². The number of nitrogens with one attached hydrogen (secondary N) is 1. The molecule has 0 bridgehead atoms. The molecule has 0 amide bonds. The third-order valence-corrected chi connectivity index (χ3v) is 4.14. The van der Waals surface area contributed by atoms with E-state index in [1.165, 1.54) is 25.7 Å². The molecule has 0 aliphatic heterocycles. The van der Waals surface area contributed by atoms with Gasteiger partial charge in [-0.2, -0.15) is 0 Å². The fourth-order valence-corrected chi connectivity index (χ4v) is 2.64. The number of nitrogens with two attached hydrogens (primary N) is 1. The average Bonchev–Trinajstić information content (AvgIpc) is 3.30. The van der Waals surface area contributed by atoms with E-state index in [9.17, 15) is 0 Å². The molecular weight excluding hydrogens is 236 g/mol. The highest BCUT2D eigenvalue weighted by atomic mass is 15.3. The van der Waals surface area contributed by atoms with Crippen molar-refractivity contribution in [2.45, 2.75) is 25.7 Å². The molecule has 1 aromatic carbocycles. The first-order valence-electron chi connectivity index (χ1n) is 7.28. The van der Waals surface area contributed by atoms with Crippen LogP contribution >= 0.6 is 0 Å². The monoisotopic (exact) mass is 256 g/mol. The number of benzene rings is 1. The van der Waals surface area contributed by atoms with Gasteiger partial charge in [0.25, 0.3) is 0 Å². The first-order valence-corrected chi connectivity index (χ1v) is 7.28. The van der Waals surface area contributed by atoms with Crippen LogP contribution in [0.25, 0.3) is 11.0 Å². The zero-order valence-electron chi connectivity index (χ0n) is 11.1. The zero-order valence-corrected chi connectivity index (χ0v) is 11.1. The van der Waals surface area contributed by atoms with Gasteiger partial charge >= 0.3 is 0 Å². The second-order valence-corrected chi connectivity index (χ2v) is 6.13. The van der Waals surface area contributed by atoms with E-state index >= 15 is 0 Å².